The Labute approximate surface area is 140 Å². The summed E-state index contributed by atoms with van der Waals surface area (Å²) in [6, 6.07) is 12.6. The smallest absolute Gasteiger partial charge is 0.253 e. The lowest BCUT2D eigenvalue weighted by Crippen LogP contribution is -2.30. The van der Waals surface area contributed by atoms with Crippen LogP contribution >= 0.6 is 0 Å². The quantitative estimate of drug-likeness (QED) is 0.825. The molecule has 4 nitrogen and oxygen atoms in total. The first-order valence-corrected chi connectivity index (χ1v) is 7.60. The lowest BCUT2D eigenvalue weighted by atomic mass is 10.1. The molecule has 2 N–H and O–H groups in total. The van der Waals surface area contributed by atoms with Crippen molar-refractivity contribution in [1.82, 2.24) is 5.32 Å². The van der Waals surface area contributed by atoms with Crippen molar-refractivity contribution in [2.75, 3.05) is 5.32 Å². The van der Waals surface area contributed by atoms with Crippen LogP contribution in [0.1, 0.15) is 29.8 Å². The fourth-order valence-corrected chi connectivity index (χ4v) is 2.05. The molecular weight excluding hydrogens is 307 g/mol. The summed E-state index contributed by atoms with van der Waals surface area (Å²) < 4.78 is 12.8. The Morgan fingerprint density at radius 1 is 1.04 bits per heavy atom. The molecule has 0 aliphatic rings. The molecule has 124 valence electrons. The van der Waals surface area contributed by atoms with E-state index in [0.717, 1.165) is 0 Å². The summed E-state index contributed by atoms with van der Waals surface area (Å²) >= 11 is 0. The minimum absolute atomic E-state index is 0.000343. The maximum Gasteiger partial charge on any atom is 0.253 e. The van der Waals surface area contributed by atoms with Crippen molar-refractivity contribution in [2.45, 2.75) is 19.9 Å². The van der Waals surface area contributed by atoms with Gasteiger partial charge in [0.1, 0.15) is 5.82 Å². The summed E-state index contributed by atoms with van der Waals surface area (Å²) in [5.41, 5.74) is 1.54. The molecule has 24 heavy (non-hydrogen) atoms. The van der Waals surface area contributed by atoms with Gasteiger partial charge in [-0.05, 0) is 49.8 Å². The van der Waals surface area contributed by atoms with Crippen LogP contribution in [0.3, 0.4) is 0 Å². The molecule has 0 heterocycles. The second-order valence-electron chi connectivity index (χ2n) is 5.55. The van der Waals surface area contributed by atoms with Crippen LogP contribution in [0.5, 0.6) is 0 Å². The molecule has 0 unspecified atom stereocenters. The first kappa shape index (κ1) is 17.4. The largest absolute Gasteiger partial charge is 0.350 e. The normalized spacial score (nSPS) is 10.8. The predicted molar refractivity (Wildman–Crippen MR) is 93.1 cm³/mol. The molecule has 2 amide bonds. The molecular formula is C19H19FN2O2. The third-order valence-corrected chi connectivity index (χ3v) is 3.15. The first-order valence-electron chi connectivity index (χ1n) is 7.60. The number of rotatable bonds is 5. The first-order chi connectivity index (χ1) is 11.5. The summed E-state index contributed by atoms with van der Waals surface area (Å²) in [6.07, 6.45) is 2.91. The van der Waals surface area contributed by atoms with Crippen LogP contribution < -0.4 is 10.6 Å². The molecule has 0 spiro atoms. The van der Waals surface area contributed by atoms with Gasteiger partial charge >= 0.3 is 0 Å². The molecule has 0 radical (unpaired) electrons. The van der Waals surface area contributed by atoms with E-state index in [1.807, 2.05) is 13.8 Å². The zero-order chi connectivity index (χ0) is 17.5. The number of nitrogens with one attached hydrogen (secondary N) is 2. The lowest BCUT2D eigenvalue weighted by molar-refractivity contribution is -0.111. The number of halogens is 1. The van der Waals surface area contributed by atoms with E-state index in [2.05, 4.69) is 10.6 Å². The Kier molecular flexibility index (Phi) is 5.84. The van der Waals surface area contributed by atoms with Gasteiger partial charge in [0.15, 0.2) is 0 Å². The van der Waals surface area contributed by atoms with E-state index in [1.165, 1.54) is 18.2 Å². The highest BCUT2D eigenvalue weighted by atomic mass is 19.1. The maximum absolute atomic E-state index is 12.8. The maximum atomic E-state index is 12.8. The van der Waals surface area contributed by atoms with E-state index >= 15 is 0 Å². The van der Waals surface area contributed by atoms with Crippen LogP contribution in [-0.4, -0.2) is 17.9 Å². The summed E-state index contributed by atoms with van der Waals surface area (Å²) in [4.78, 5) is 24.2. The fourth-order valence-electron chi connectivity index (χ4n) is 2.05. The molecule has 0 saturated heterocycles. The van der Waals surface area contributed by atoms with E-state index < -0.39 is 0 Å². The summed E-state index contributed by atoms with van der Waals surface area (Å²) in [6.45, 7) is 3.73. The van der Waals surface area contributed by atoms with Gasteiger partial charge < -0.3 is 10.6 Å². The van der Waals surface area contributed by atoms with Gasteiger partial charge in [-0.3, -0.25) is 9.59 Å². The van der Waals surface area contributed by atoms with Crippen LogP contribution in [0.15, 0.2) is 54.6 Å². The van der Waals surface area contributed by atoms with Crippen LogP contribution in [0.4, 0.5) is 10.1 Å². The zero-order valence-electron chi connectivity index (χ0n) is 13.5. The summed E-state index contributed by atoms with van der Waals surface area (Å²) in [5, 5.41) is 5.48. The number of hydrogen-bond acceptors (Lipinski definition) is 2. The van der Waals surface area contributed by atoms with Gasteiger partial charge in [0, 0.05) is 12.1 Å². The monoisotopic (exact) mass is 326 g/mol. The highest BCUT2D eigenvalue weighted by molar-refractivity contribution is 6.07. The number of carbonyl (C=O) groups excluding carboxylic acids is 2. The van der Waals surface area contributed by atoms with Gasteiger partial charge in [-0.25, -0.2) is 4.39 Å². The van der Waals surface area contributed by atoms with Crippen LogP contribution in [0.2, 0.25) is 0 Å². The number of carbonyl (C=O) groups is 2. The molecule has 2 aromatic rings. The zero-order valence-corrected chi connectivity index (χ0v) is 13.5. The Morgan fingerprint density at radius 3 is 2.38 bits per heavy atom. The SMILES string of the molecule is CC(C)NC(=O)c1ccccc1NC(=O)C=Cc1ccc(F)cc1. The van der Waals surface area contributed by atoms with Gasteiger partial charge in [-0.1, -0.05) is 24.3 Å². The van der Waals surface area contributed by atoms with Crippen molar-refractivity contribution in [2.24, 2.45) is 0 Å². The van der Waals surface area contributed by atoms with Crippen molar-refractivity contribution in [3.05, 3.63) is 71.6 Å². The fraction of sp³-hybridized carbons (Fsp3) is 0.158. The van der Waals surface area contributed by atoms with Gasteiger partial charge in [0.25, 0.3) is 5.91 Å². The number of hydrogen-bond donors (Lipinski definition) is 2. The van der Waals surface area contributed by atoms with Crippen molar-refractivity contribution >= 4 is 23.6 Å². The average Bonchev–Trinajstić information content (AvgIpc) is 2.54. The van der Waals surface area contributed by atoms with E-state index in [1.54, 1.807) is 42.5 Å². The summed E-state index contributed by atoms with van der Waals surface area (Å²) in [5.74, 6) is -0.950. The van der Waals surface area contributed by atoms with Crippen molar-refractivity contribution in [3.8, 4) is 0 Å². The third kappa shape index (κ3) is 5.05. The third-order valence-electron chi connectivity index (χ3n) is 3.15. The Morgan fingerprint density at radius 2 is 1.71 bits per heavy atom. The topological polar surface area (TPSA) is 58.2 Å². The average molecular weight is 326 g/mol. The van der Waals surface area contributed by atoms with E-state index in [9.17, 15) is 14.0 Å². The highest BCUT2D eigenvalue weighted by Crippen LogP contribution is 2.15. The molecule has 0 aromatic heterocycles. The number of anilines is 1. The van der Waals surface area contributed by atoms with Gasteiger partial charge in [0.05, 0.1) is 11.3 Å². The van der Waals surface area contributed by atoms with Crippen molar-refractivity contribution in [3.63, 3.8) is 0 Å². The van der Waals surface area contributed by atoms with Gasteiger partial charge in [0.2, 0.25) is 5.91 Å². The van der Waals surface area contributed by atoms with E-state index in [-0.39, 0.29) is 23.7 Å². The highest BCUT2D eigenvalue weighted by Gasteiger charge is 2.12. The molecule has 2 aromatic carbocycles. The standard InChI is InChI=1S/C19H19FN2O2/c1-13(2)21-19(24)16-5-3-4-6-17(16)22-18(23)12-9-14-7-10-15(20)11-8-14/h3-13H,1-2H3,(H,21,24)(H,22,23). The Bertz CT molecular complexity index is 752. The molecule has 0 saturated carbocycles. The Balaban J connectivity index is 2.09. The second-order valence-corrected chi connectivity index (χ2v) is 5.55. The number of para-hydroxylation sites is 1. The number of amides is 2. The van der Waals surface area contributed by atoms with Crippen LogP contribution in [0.25, 0.3) is 6.08 Å². The molecule has 0 bridgehead atoms. The Hall–Kier alpha value is -2.95. The van der Waals surface area contributed by atoms with Gasteiger partial charge in [-0.2, -0.15) is 0 Å². The van der Waals surface area contributed by atoms with Crippen molar-refractivity contribution < 1.29 is 14.0 Å². The van der Waals surface area contributed by atoms with Gasteiger partial charge in [-0.15, -0.1) is 0 Å². The predicted octanol–water partition coefficient (Wildman–Crippen LogP) is 3.62. The lowest BCUT2D eigenvalue weighted by Gasteiger charge is -2.12. The summed E-state index contributed by atoms with van der Waals surface area (Å²) in [7, 11) is 0. The second kappa shape index (κ2) is 8.06. The van der Waals surface area contributed by atoms with Crippen LogP contribution in [-0.2, 0) is 4.79 Å². The molecule has 0 fully saturated rings. The molecule has 0 atom stereocenters. The molecule has 0 aliphatic carbocycles. The van der Waals surface area contributed by atoms with Crippen molar-refractivity contribution in [1.29, 1.82) is 0 Å². The molecule has 2 rings (SSSR count). The minimum atomic E-state index is -0.371. The molecule has 5 heteroatoms. The van der Waals surface area contributed by atoms with E-state index in [4.69, 9.17) is 0 Å². The minimum Gasteiger partial charge on any atom is -0.350 e. The molecule has 0 aliphatic heterocycles. The number of benzene rings is 2. The van der Waals surface area contributed by atoms with E-state index in [0.29, 0.717) is 16.8 Å². The van der Waals surface area contributed by atoms with Crippen LogP contribution in [0, 0.1) is 5.82 Å².